The van der Waals surface area contributed by atoms with Gasteiger partial charge in [0.1, 0.15) is 6.04 Å². The van der Waals surface area contributed by atoms with E-state index in [1.165, 1.54) is 0 Å². The molecule has 1 atom stereocenters. The predicted octanol–water partition coefficient (Wildman–Crippen LogP) is 1.84. The normalized spacial score (nSPS) is 16.4. The average Bonchev–Trinajstić information content (AvgIpc) is 2.63. The van der Waals surface area contributed by atoms with Crippen LogP contribution in [-0.2, 0) is 14.3 Å². The van der Waals surface area contributed by atoms with Gasteiger partial charge in [-0.25, -0.2) is 0 Å². The molecule has 1 fully saturated rings. The molecule has 1 heterocycles. The summed E-state index contributed by atoms with van der Waals surface area (Å²) in [6.45, 7) is 3.12. The number of carbonyl (C=O) groups is 3. The van der Waals surface area contributed by atoms with Crippen molar-refractivity contribution in [2.75, 3.05) is 19.7 Å². The molecule has 1 aliphatic heterocycles. The maximum Gasteiger partial charge on any atom is 0.308 e. The SMILES string of the molecule is CCCCOC(=O)CC1C(=O)NCCN1C(=S)NC(=O)c1ccccc1I. The van der Waals surface area contributed by atoms with E-state index in [1.807, 2.05) is 19.1 Å². The van der Waals surface area contributed by atoms with Crippen molar-refractivity contribution in [2.45, 2.75) is 32.2 Å². The molecule has 0 aliphatic carbocycles. The van der Waals surface area contributed by atoms with Crippen LogP contribution in [0.1, 0.15) is 36.5 Å². The highest BCUT2D eigenvalue weighted by Gasteiger charge is 2.34. The van der Waals surface area contributed by atoms with E-state index in [4.69, 9.17) is 17.0 Å². The molecular weight excluding hydrogens is 481 g/mol. The maximum atomic E-state index is 12.5. The Hall–Kier alpha value is -1.75. The Labute approximate surface area is 177 Å². The van der Waals surface area contributed by atoms with Crippen molar-refractivity contribution in [2.24, 2.45) is 0 Å². The number of hydrogen-bond donors (Lipinski definition) is 2. The first-order chi connectivity index (χ1) is 12.9. The Kier molecular flexibility index (Phi) is 8.42. The van der Waals surface area contributed by atoms with Gasteiger partial charge in [-0.3, -0.25) is 19.7 Å². The molecule has 146 valence electrons. The topological polar surface area (TPSA) is 87.7 Å². The van der Waals surface area contributed by atoms with Crippen LogP contribution in [0.25, 0.3) is 0 Å². The summed E-state index contributed by atoms with van der Waals surface area (Å²) in [5, 5.41) is 5.51. The van der Waals surface area contributed by atoms with Gasteiger partial charge in [0.15, 0.2) is 5.11 Å². The number of ether oxygens (including phenoxy) is 1. The molecule has 1 aliphatic rings. The van der Waals surface area contributed by atoms with E-state index >= 15 is 0 Å². The van der Waals surface area contributed by atoms with Gasteiger partial charge < -0.3 is 15.0 Å². The molecule has 2 N–H and O–H groups in total. The van der Waals surface area contributed by atoms with Crippen molar-refractivity contribution in [3.8, 4) is 0 Å². The van der Waals surface area contributed by atoms with Gasteiger partial charge in [0.2, 0.25) is 5.91 Å². The molecule has 2 rings (SSSR count). The largest absolute Gasteiger partial charge is 0.466 e. The standard InChI is InChI=1S/C18H22IN3O4S/c1-2-3-10-26-15(23)11-14-17(25)20-8-9-22(14)18(27)21-16(24)12-6-4-5-7-13(12)19/h4-7,14H,2-3,8-11H2,1H3,(H,20,25)(H,21,24,27). The lowest BCUT2D eigenvalue weighted by atomic mass is 10.1. The van der Waals surface area contributed by atoms with Crippen molar-refractivity contribution >= 4 is 57.7 Å². The van der Waals surface area contributed by atoms with E-state index in [2.05, 4.69) is 33.2 Å². The van der Waals surface area contributed by atoms with Gasteiger partial charge in [-0.2, -0.15) is 0 Å². The van der Waals surface area contributed by atoms with Crippen molar-refractivity contribution in [1.82, 2.24) is 15.5 Å². The third-order valence-corrected chi connectivity index (χ3v) is 5.33. The lowest BCUT2D eigenvalue weighted by molar-refractivity contribution is -0.147. The summed E-state index contributed by atoms with van der Waals surface area (Å²) in [6, 6.07) is 6.33. The number of nitrogens with zero attached hydrogens (tertiary/aromatic N) is 1. The van der Waals surface area contributed by atoms with Gasteiger partial charge in [0.05, 0.1) is 18.6 Å². The molecule has 0 bridgehead atoms. The first kappa shape index (κ1) is 21.5. The van der Waals surface area contributed by atoms with Crippen molar-refractivity contribution < 1.29 is 19.1 Å². The number of benzene rings is 1. The lowest BCUT2D eigenvalue weighted by Gasteiger charge is -2.36. The Bertz CT molecular complexity index is 728. The molecule has 0 radical (unpaired) electrons. The van der Waals surface area contributed by atoms with E-state index in [-0.39, 0.29) is 23.3 Å². The number of halogens is 1. The van der Waals surface area contributed by atoms with E-state index in [0.29, 0.717) is 25.3 Å². The van der Waals surface area contributed by atoms with Crippen LogP contribution in [0.5, 0.6) is 0 Å². The number of piperazine rings is 1. The highest BCUT2D eigenvalue weighted by atomic mass is 127. The molecule has 1 unspecified atom stereocenters. The molecule has 1 aromatic carbocycles. The second-order valence-electron chi connectivity index (χ2n) is 6.02. The minimum Gasteiger partial charge on any atom is -0.466 e. The number of carbonyl (C=O) groups excluding carboxylic acids is 3. The van der Waals surface area contributed by atoms with Crippen LogP contribution < -0.4 is 10.6 Å². The van der Waals surface area contributed by atoms with Gasteiger partial charge in [-0.15, -0.1) is 0 Å². The van der Waals surface area contributed by atoms with Crippen molar-refractivity contribution in [1.29, 1.82) is 0 Å². The van der Waals surface area contributed by atoms with Crippen LogP contribution in [0.15, 0.2) is 24.3 Å². The number of thiocarbonyl (C=S) groups is 1. The lowest BCUT2D eigenvalue weighted by Crippen LogP contribution is -2.60. The Morgan fingerprint density at radius 3 is 2.85 bits per heavy atom. The van der Waals surface area contributed by atoms with Crippen molar-refractivity contribution in [3.63, 3.8) is 0 Å². The minimum atomic E-state index is -0.796. The molecule has 1 aromatic rings. The van der Waals surface area contributed by atoms with Crippen LogP contribution in [0.4, 0.5) is 0 Å². The van der Waals surface area contributed by atoms with Gasteiger partial charge >= 0.3 is 5.97 Å². The molecule has 0 aromatic heterocycles. The molecular formula is C18H22IN3O4S. The van der Waals surface area contributed by atoms with E-state index in [0.717, 1.165) is 16.4 Å². The second-order valence-corrected chi connectivity index (χ2v) is 7.57. The van der Waals surface area contributed by atoms with Crippen LogP contribution in [0, 0.1) is 3.57 Å². The van der Waals surface area contributed by atoms with E-state index < -0.39 is 12.0 Å². The van der Waals surface area contributed by atoms with Crippen LogP contribution in [0.2, 0.25) is 0 Å². The summed E-state index contributed by atoms with van der Waals surface area (Å²) in [5.41, 5.74) is 0.498. The van der Waals surface area contributed by atoms with Gasteiger partial charge in [0, 0.05) is 16.7 Å². The molecule has 0 spiro atoms. The summed E-state index contributed by atoms with van der Waals surface area (Å²) in [4.78, 5) is 38.3. The molecule has 1 saturated heterocycles. The third-order valence-electron chi connectivity index (χ3n) is 4.05. The number of unbranched alkanes of at least 4 members (excludes halogenated alkanes) is 1. The molecule has 7 nitrogen and oxygen atoms in total. The smallest absolute Gasteiger partial charge is 0.308 e. The number of amides is 2. The van der Waals surface area contributed by atoms with Crippen molar-refractivity contribution in [3.05, 3.63) is 33.4 Å². The summed E-state index contributed by atoms with van der Waals surface area (Å²) in [7, 11) is 0. The van der Waals surface area contributed by atoms with Gasteiger partial charge in [-0.05, 0) is 53.4 Å². The highest BCUT2D eigenvalue weighted by Crippen LogP contribution is 2.14. The zero-order valence-electron chi connectivity index (χ0n) is 15.0. The Morgan fingerprint density at radius 1 is 1.41 bits per heavy atom. The maximum absolute atomic E-state index is 12.5. The summed E-state index contributed by atoms with van der Waals surface area (Å²) >= 11 is 7.42. The molecule has 27 heavy (non-hydrogen) atoms. The molecule has 0 saturated carbocycles. The highest BCUT2D eigenvalue weighted by molar-refractivity contribution is 14.1. The van der Waals surface area contributed by atoms with E-state index in [9.17, 15) is 14.4 Å². The van der Waals surface area contributed by atoms with Gasteiger partial charge in [0.25, 0.3) is 5.91 Å². The first-order valence-electron chi connectivity index (χ1n) is 8.73. The minimum absolute atomic E-state index is 0.117. The number of esters is 1. The number of rotatable bonds is 6. The quantitative estimate of drug-likeness (QED) is 0.267. The summed E-state index contributed by atoms with van der Waals surface area (Å²) < 4.78 is 5.94. The average molecular weight is 503 g/mol. The van der Waals surface area contributed by atoms with E-state index in [1.54, 1.807) is 17.0 Å². The fraction of sp³-hybridized carbons (Fsp3) is 0.444. The third kappa shape index (κ3) is 6.13. The second kappa shape index (κ2) is 10.5. The van der Waals surface area contributed by atoms with Crippen LogP contribution >= 0.6 is 34.8 Å². The zero-order chi connectivity index (χ0) is 19.8. The summed E-state index contributed by atoms with van der Waals surface area (Å²) in [5.74, 6) is -1.11. The number of hydrogen-bond acceptors (Lipinski definition) is 5. The van der Waals surface area contributed by atoms with Crippen LogP contribution in [-0.4, -0.2) is 53.5 Å². The number of nitrogens with one attached hydrogen (secondary N) is 2. The monoisotopic (exact) mass is 503 g/mol. The Morgan fingerprint density at radius 2 is 2.15 bits per heavy atom. The Balaban J connectivity index is 2.03. The van der Waals surface area contributed by atoms with Crippen LogP contribution in [0.3, 0.4) is 0 Å². The molecule has 9 heteroatoms. The van der Waals surface area contributed by atoms with Gasteiger partial charge in [-0.1, -0.05) is 25.5 Å². The fourth-order valence-corrected chi connectivity index (χ4v) is 3.53. The predicted molar refractivity (Wildman–Crippen MR) is 113 cm³/mol. The zero-order valence-corrected chi connectivity index (χ0v) is 18.0. The molecule has 2 amide bonds. The summed E-state index contributed by atoms with van der Waals surface area (Å²) in [6.07, 6.45) is 1.57. The first-order valence-corrected chi connectivity index (χ1v) is 10.2. The fourth-order valence-electron chi connectivity index (χ4n) is 2.59.